The first-order valence-electron chi connectivity index (χ1n) is 6.67. The normalized spacial score (nSPS) is 16.2. The Balaban J connectivity index is 2.13. The highest BCUT2D eigenvalue weighted by Crippen LogP contribution is 2.50. The molecule has 0 radical (unpaired) electrons. The third-order valence-corrected chi connectivity index (χ3v) is 7.06. The third-order valence-electron chi connectivity index (χ3n) is 3.90. The minimum absolute atomic E-state index is 0.914. The number of thiol groups is 1. The lowest BCUT2D eigenvalue weighted by molar-refractivity contribution is 0.672. The van der Waals surface area contributed by atoms with Gasteiger partial charge in [0.15, 0.2) is 0 Å². The maximum Gasteiger partial charge on any atom is 0.0309 e. The van der Waals surface area contributed by atoms with Gasteiger partial charge < -0.3 is 0 Å². The van der Waals surface area contributed by atoms with Gasteiger partial charge in [0.05, 0.1) is 0 Å². The molecule has 20 heavy (non-hydrogen) atoms. The average molecular weight is 278 g/mol. The van der Waals surface area contributed by atoms with Crippen molar-refractivity contribution in [1.29, 1.82) is 0 Å². The third kappa shape index (κ3) is 1.40. The summed E-state index contributed by atoms with van der Waals surface area (Å²) in [6.07, 6.45) is 0. The Morgan fingerprint density at radius 1 is 0.550 bits per heavy atom. The van der Waals surface area contributed by atoms with Crippen LogP contribution in [-0.2, 0) is 9.93 Å². The SMILES string of the molecule is O=[SH]1(c2ccccc2)c2ccccc2-c2ccccc21. The van der Waals surface area contributed by atoms with E-state index in [1.807, 2.05) is 66.7 Å². The molecule has 1 aliphatic heterocycles. The van der Waals surface area contributed by atoms with Gasteiger partial charge in [0.25, 0.3) is 0 Å². The lowest BCUT2D eigenvalue weighted by Gasteiger charge is -2.21. The minimum Gasteiger partial charge on any atom is -0.271 e. The molecule has 4 rings (SSSR count). The van der Waals surface area contributed by atoms with E-state index in [1.165, 1.54) is 0 Å². The second-order valence-electron chi connectivity index (χ2n) is 4.98. The molecule has 98 valence electrons. The first-order chi connectivity index (χ1) is 9.82. The molecule has 0 aromatic heterocycles. The molecule has 0 fully saturated rings. The zero-order chi connectivity index (χ0) is 13.6. The summed E-state index contributed by atoms with van der Waals surface area (Å²) in [5.74, 6) is 0. The molecule has 0 spiro atoms. The van der Waals surface area contributed by atoms with E-state index in [4.69, 9.17) is 0 Å². The molecule has 0 saturated heterocycles. The van der Waals surface area contributed by atoms with E-state index in [9.17, 15) is 4.21 Å². The van der Waals surface area contributed by atoms with Gasteiger partial charge in [0, 0.05) is 14.7 Å². The van der Waals surface area contributed by atoms with E-state index in [-0.39, 0.29) is 0 Å². The van der Waals surface area contributed by atoms with Gasteiger partial charge in [0.2, 0.25) is 0 Å². The van der Waals surface area contributed by atoms with E-state index in [0.29, 0.717) is 0 Å². The minimum atomic E-state index is -2.70. The van der Waals surface area contributed by atoms with E-state index in [0.717, 1.165) is 25.8 Å². The molecule has 2 heteroatoms. The lowest BCUT2D eigenvalue weighted by atomic mass is 10.1. The summed E-state index contributed by atoms with van der Waals surface area (Å²) in [6.45, 7) is 0. The lowest BCUT2D eigenvalue weighted by Crippen LogP contribution is -2.10. The van der Waals surface area contributed by atoms with E-state index in [1.54, 1.807) is 0 Å². The quantitative estimate of drug-likeness (QED) is 0.517. The van der Waals surface area contributed by atoms with Crippen molar-refractivity contribution in [3.63, 3.8) is 0 Å². The molecular weight excluding hydrogens is 264 g/mol. The fourth-order valence-electron chi connectivity index (χ4n) is 3.00. The molecule has 0 N–H and O–H groups in total. The predicted molar refractivity (Wildman–Crippen MR) is 82.7 cm³/mol. The Hall–Kier alpha value is -2.19. The summed E-state index contributed by atoms with van der Waals surface area (Å²) < 4.78 is 13.9. The molecule has 1 nitrogen and oxygen atoms in total. The highest BCUT2D eigenvalue weighted by molar-refractivity contribution is 8.03. The van der Waals surface area contributed by atoms with Gasteiger partial charge >= 0.3 is 0 Å². The smallest absolute Gasteiger partial charge is 0.0309 e. The van der Waals surface area contributed by atoms with Gasteiger partial charge in [-0.1, -0.05) is 54.6 Å². The van der Waals surface area contributed by atoms with Gasteiger partial charge in [-0.2, -0.15) is 0 Å². The van der Waals surface area contributed by atoms with Gasteiger partial charge in [0.1, 0.15) is 0 Å². The second-order valence-corrected chi connectivity index (χ2v) is 7.68. The summed E-state index contributed by atoms with van der Waals surface area (Å²) in [5.41, 5.74) is 2.21. The molecule has 0 bridgehead atoms. The molecule has 0 atom stereocenters. The van der Waals surface area contributed by atoms with E-state index < -0.39 is 9.93 Å². The monoisotopic (exact) mass is 278 g/mol. The maximum absolute atomic E-state index is 13.9. The maximum atomic E-state index is 13.9. The topological polar surface area (TPSA) is 17.1 Å². The summed E-state index contributed by atoms with van der Waals surface area (Å²) in [6, 6.07) is 25.9. The summed E-state index contributed by atoms with van der Waals surface area (Å²) in [5, 5.41) is 0. The van der Waals surface area contributed by atoms with Crippen molar-refractivity contribution in [1.82, 2.24) is 0 Å². The van der Waals surface area contributed by atoms with Crippen LogP contribution < -0.4 is 0 Å². The van der Waals surface area contributed by atoms with Crippen LogP contribution in [0.4, 0.5) is 0 Å². The fraction of sp³-hybridized carbons (Fsp3) is 0. The van der Waals surface area contributed by atoms with Crippen LogP contribution in [0.1, 0.15) is 0 Å². The number of benzene rings is 3. The van der Waals surface area contributed by atoms with Crippen molar-refractivity contribution < 1.29 is 4.21 Å². The molecule has 0 saturated carbocycles. The van der Waals surface area contributed by atoms with Crippen LogP contribution in [-0.4, -0.2) is 4.21 Å². The van der Waals surface area contributed by atoms with Crippen LogP contribution >= 0.6 is 0 Å². The number of hydrogen-bond donors (Lipinski definition) is 1. The number of rotatable bonds is 1. The highest BCUT2D eigenvalue weighted by atomic mass is 32.2. The molecule has 0 unspecified atom stereocenters. The number of hydrogen-bond acceptors (Lipinski definition) is 1. The summed E-state index contributed by atoms with van der Waals surface area (Å²) in [4.78, 5) is 2.84. The Morgan fingerprint density at radius 3 is 1.55 bits per heavy atom. The molecule has 1 aliphatic rings. The van der Waals surface area contributed by atoms with Crippen molar-refractivity contribution in [2.24, 2.45) is 0 Å². The largest absolute Gasteiger partial charge is 0.271 e. The van der Waals surface area contributed by atoms with Crippen LogP contribution in [0, 0.1) is 0 Å². The molecule has 0 aliphatic carbocycles. The van der Waals surface area contributed by atoms with E-state index in [2.05, 4.69) is 12.1 Å². The van der Waals surface area contributed by atoms with E-state index >= 15 is 0 Å². The van der Waals surface area contributed by atoms with Crippen LogP contribution in [0.25, 0.3) is 11.1 Å². The Bertz CT molecular complexity index is 787. The van der Waals surface area contributed by atoms with Crippen LogP contribution in [0.15, 0.2) is 93.5 Å². The second kappa shape index (κ2) is 4.15. The van der Waals surface area contributed by atoms with Crippen molar-refractivity contribution in [3.05, 3.63) is 78.9 Å². The van der Waals surface area contributed by atoms with Gasteiger partial charge in [-0.25, -0.2) is 0 Å². The average Bonchev–Trinajstić information content (AvgIpc) is 2.80. The zero-order valence-electron chi connectivity index (χ0n) is 10.9. The van der Waals surface area contributed by atoms with Crippen LogP contribution in [0.3, 0.4) is 0 Å². The molecular formula is C18H14OS. The Kier molecular flexibility index (Phi) is 2.41. The van der Waals surface area contributed by atoms with Crippen molar-refractivity contribution in [2.45, 2.75) is 14.7 Å². The fourth-order valence-corrected chi connectivity index (χ4v) is 6.07. The van der Waals surface area contributed by atoms with Crippen LogP contribution in [0.2, 0.25) is 0 Å². The molecule has 1 heterocycles. The Morgan fingerprint density at radius 2 is 1.00 bits per heavy atom. The molecule has 3 aromatic carbocycles. The van der Waals surface area contributed by atoms with Gasteiger partial charge in [-0.05, 0) is 45.3 Å². The standard InChI is InChI=1S/C18H14OS/c19-20(14-8-2-1-3-9-14)17-12-6-4-10-15(17)16-11-5-7-13-18(16)20/h1-13,20H. The first-order valence-corrected chi connectivity index (χ1v) is 8.38. The zero-order valence-corrected chi connectivity index (χ0v) is 11.8. The van der Waals surface area contributed by atoms with Crippen LogP contribution in [0.5, 0.6) is 0 Å². The Labute approximate surface area is 119 Å². The van der Waals surface area contributed by atoms with Crippen molar-refractivity contribution in [3.8, 4) is 11.1 Å². The summed E-state index contributed by atoms with van der Waals surface area (Å²) >= 11 is 0. The number of fused-ring (bicyclic) bond motifs is 3. The van der Waals surface area contributed by atoms with Crippen molar-refractivity contribution >= 4 is 9.93 Å². The van der Waals surface area contributed by atoms with Crippen molar-refractivity contribution in [2.75, 3.05) is 0 Å². The first kappa shape index (κ1) is 11.6. The molecule has 0 amide bonds. The van der Waals surface area contributed by atoms with Gasteiger partial charge in [-0.15, -0.1) is 0 Å². The highest BCUT2D eigenvalue weighted by Gasteiger charge is 2.34. The summed E-state index contributed by atoms with van der Waals surface area (Å²) in [7, 11) is -2.70. The molecule has 3 aromatic rings. The van der Waals surface area contributed by atoms with Gasteiger partial charge in [-0.3, -0.25) is 4.21 Å². The predicted octanol–water partition coefficient (Wildman–Crippen LogP) is 4.16.